The highest BCUT2D eigenvalue weighted by Crippen LogP contribution is 2.35. The van der Waals surface area contributed by atoms with Crippen molar-refractivity contribution in [2.24, 2.45) is 0 Å². The van der Waals surface area contributed by atoms with Crippen LogP contribution in [0.4, 0.5) is 0 Å². The highest BCUT2D eigenvalue weighted by Gasteiger charge is 2.28. The molecule has 8 heteroatoms. The summed E-state index contributed by atoms with van der Waals surface area (Å²) in [6.45, 7) is 2.50. The summed E-state index contributed by atoms with van der Waals surface area (Å²) in [5, 5.41) is 13.0. The predicted octanol–water partition coefficient (Wildman–Crippen LogP) is 5.71. The standard InChI is InChI=1S/C27H48NO6P/c1-2-3-4-5-6-7-8-9-10-11-12-13-17-20-27(30)28-25(26(29)23-35(31,32)33)22-34-21-24-18-15-14-16-19-24/h14-16,18-19,25-26,29H,2-13,17,20-23H2,1H3,(H,28,30)(H2,31,32,33)/t25-,26?/m0/s1. The van der Waals surface area contributed by atoms with Gasteiger partial charge < -0.3 is 24.9 Å². The molecule has 0 radical (unpaired) electrons. The van der Waals surface area contributed by atoms with Crippen LogP contribution in [0.3, 0.4) is 0 Å². The minimum Gasteiger partial charge on any atom is -0.390 e. The van der Waals surface area contributed by atoms with Gasteiger partial charge in [-0.2, -0.15) is 0 Å². The maximum atomic E-state index is 12.4. The molecule has 0 aliphatic rings. The smallest absolute Gasteiger partial charge is 0.328 e. The fourth-order valence-electron chi connectivity index (χ4n) is 4.08. The lowest BCUT2D eigenvalue weighted by atomic mass is 10.0. The van der Waals surface area contributed by atoms with Crippen LogP contribution < -0.4 is 5.32 Å². The molecule has 0 saturated heterocycles. The van der Waals surface area contributed by atoms with Gasteiger partial charge in [-0.05, 0) is 12.0 Å². The number of carbonyl (C=O) groups excluding carboxylic acids is 1. The largest absolute Gasteiger partial charge is 0.390 e. The molecule has 202 valence electrons. The third-order valence-electron chi connectivity index (χ3n) is 6.15. The Morgan fingerprint density at radius 3 is 1.91 bits per heavy atom. The first-order valence-electron chi connectivity index (χ1n) is 13.5. The summed E-state index contributed by atoms with van der Waals surface area (Å²) in [7, 11) is -4.42. The molecule has 35 heavy (non-hydrogen) atoms. The van der Waals surface area contributed by atoms with Gasteiger partial charge in [-0.3, -0.25) is 9.36 Å². The van der Waals surface area contributed by atoms with E-state index in [0.29, 0.717) is 6.42 Å². The molecule has 0 fully saturated rings. The summed E-state index contributed by atoms with van der Waals surface area (Å²) >= 11 is 0. The molecule has 0 aliphatic carbocycles. The third-order valence-corrected chi connectivity index (χ3v) is 7.00. The average molecular weight is 514 g/mol. The van der Waals surface area contributed by atoms with Crippen molar-refractivity contribution in [1.29, 1.82) is 0 Å². The average Bonchev–Trinajstić information content (AvgIpc) is 2.81. The van der Waals surface area contributed by atoms with E-state index in [1.54, 1.807) is 0 Å². The van der Waals surface area contributed by atoms with Gasteiger partial charge >= 0.3 is 7.60 Å². The van der Waals surface area contributed by atoms with Crippen LogP contribution >= 0.6 is 7.60 Å². The van der Waals surface area contributed by atoms with Crippen LogP contribution in [0.1, 0.15) is 102 Å². The molecule has 0 aromatic heterocycles. The Kier molecular flexibility index (Phi) is 18.1. The Morgan fingerprint density at radius 1 is 0.886 bits per heavy atom. The summed E-state index contributed by atoms with van der Waals surface area (Å²) in [5.74, 6) is -0.230. The molecule has 0 aliphatic heterocycles. The van der Waals surface area contributed by atoms with Crippen LogP contribution in [-0.4, -0.2) is 45.7 Å². The van der Waals surface area contributed by atoms with Gasteiger partial charge in [0.05, 0.1) is 31.5 Å². The summed E-state index contributed by atoms with van der Waals surface area (Å²) < 4.78 is 16.9. The van der Waals surface area contributed by atoms with E-state index in [1.165, 1.54) is 64.2 Å². The summed E-state index contributed by atoms with van der Waals surface area (Å²) in [4.78, 5) is 30.8. The number of carbonyl (C=O) groups is 1. The molecule has 1 unspecified atom stereocenters. The van der Waals surface area contributed by atoms with Gasteiger partial charge in [0.1, 0.15) is 0 Å². The zero-order valence-corrected chi connectivity index (χ0v) is 22.5. The van der Waals surface area contributed by atoms with Crippen molar-refractivity contribution in [3.05, 3.63) is 35.9 Å². The van der Waals surface area contributed by atoms with Crippen molar-refractivity contribution in [2.75, 3.05) is 12.8 Å². The molecule has 0 saturated carbocycles. The van der Waals surface area contributed by atoms with E-state index in [-0.39, 0.29) is 19.1 Å². The predicted molar refractivity (Wildman–Crippen MR) is 141 cm³/mol. The lowest BCUT2D eigenvalue weighted by Crippen LogP contribution is -2.47. The van der Waals surface area contributed by atoms with Gasteiger partial charge in [0.25, 0.3) is 0 Å². The fourth-order valence-corrected chi connectivity index (χ4v) is 4.82. The SMILES string of the molecule is CCCCCCCCCCCCCCCC(=O)N[C@@H](COCc1ccccc1)C(O)CP(=O)(O)O. The first-order chi connectivity index (χ1) is 16.8. The van der Waals surface area contributed by atoms with Gasteiger partial charge in [0, 0.05) is 6.42 Å². The number of nitrogens with one attached hydrogen (secondary N) is 1. The number of rotatable bonds is 22. The molecule has 0 heterocycles. The summed E-state index contributed by atoms with van der Waals surface area (Å²) in [5.41, 5.74) is 0.939. The van der Waals surface area contributed by atoms with Crippen LogP contribution in [-0.2, 0) is 20.7 Å². The topological polar surface area (TPSA) is 116 Å². The zero-order valence-electron chi connectivity index (χ0n) is 21.6. The minimum absolute atomic E-state index is 0.0274. The van der Waals surface area contributed by atoms with E-state index < -0.39 is 25.9 Å². The second-order valence-electron chi connectivity index (χ2n) is 9.58. The van der Waals surface area contributed by atoms with E-state index >= 15 is 0 Å². The van der Waals surface area contributed by atoms with E-state index in [9.17, 15) is 24.3 Å². The maximum Gasteiger partial charge on any atom is 0.328 e. The maximum absolute atomic E-state index is 12.4. The van der Waals surface area contributed by atoms with Crippen LogP contribution in [0.2, 0.25) is 0 Å². The summed E-state index contributed by atoms with van der Waals surface area (Å²) in [6, 6.07) is 8.59. The van der Waals surface area contributed by atoms with Crippen molar-refractivity contribution in [3.8, 4) is 0 Å². The Labute approximate surface area is 212 Å². The molecule has 1 aromatic rings. The molecular weight excluding hydrogens is 465 g/mol. The minimum atomic E-state index is -4.42. The van der Waals surface area contributed by atoms with Crippen LogP contribution in [0.5, 0.6) is 0 Å². The van der Waals surface area contributed by atoms with Crippen LogP contribution in [0.15, 0.2) is 30.3 Å². The van der Waals surface area contributed by atoms with Gasteiger partial charge in [-0.15, -0.1) is 0 Å². The quantitative estimate of drug-likeness (QED) is 0.117. The first kappa shape index (κ1) is 31.8. The molecule has 4 N–H and O–H groups in total. The first-order valence-corrected chi connectivity index (χ1v) is 15.2. The molecule has 0 bridgehead atoms. The van der Waals surface area contributed by atoms with E-state index in [2.05, 4.69) is 12.2 Å². The number of unbranched alkanes of at least 4 members (excludes halogenated alkanes) is 12. The number of aliphatic hydroxyl groups excluding tert-OH is 1. The number of benzene rings is 1. The fraction of sp³-hybridized carbons (Fsp3) is 0.741. The Balaban J connectivity index is 2.21. The number of ether oxygens (including phenoxy) is 1. The normalized spacial score (nSPS) is 13.5. The zero-order chi connectivity index (χ0) is 25.8. The van der Waals surface area contributed by atoms with Crippen LogP contribution in [0, 0.1) is 0 Å². The second-order valence-corrected chi connectivity index (χ2v) is 11.3. The number of aliphatic hydroxyl groups is 1. The molecular formula is C27H48NO6P. The van der Waals surface area contributed by atoms with Crippen LogP contribution in [0.25, 0.3) is 0 Å². The van der Waals surface area contributed by atoms with Crippen molar-refractivity contribution in [1.82, 2.24) is 5.32 Å². The molecule has 1 aromatic carbocycles. The summed E-state index contributed by atoms with van der Waals surface area (Å²) in [6.07, 6.45) is 14.2. The monoisotopic (exact) mass is 513 g/mol. The number of hydrogen-bond acceptors (Lipinski definition) is 4. The van der Waals surface area contributed by atoms with E-state index in [0.717, 1.165) is 24.8 Å². The van der Waals surface area contributed by atoms with Crippen molar-refractivity contribution in [3.63, 3.8) is 0 Å². The van der Waals surface area contributed by atoms with E-state index in [4.69, 9.17) is 4.74 Å². The van der Waals surface area contributed by atoms with Gasteiger partial charge in [-0.25, -0.2) is 0 Å². The van der Waals surface area contributed by atoms with Gasteiger partial charge in [-0.1, -0.05) is 114 Å². The van der Waals surface area contributed by atoms with Crippen molar-refractivity contribution in [2.45, 2.75) is 116 Å². The van der Waals surface area contributed by atoms with Gasteiger partial charge in [0.2, 0.25) is 5.91 Å². The van der Waals surface area contributed by atoms with Gasteiger partial charge in [0.15, 0.2) is 0 Å². The highest BCUT2D eigenvalue weighted by atomic mass is 31.2. The molecule has 1 amide bonds. The number of hydrogen-bond donors (Lipinski definition) is 4. The molecule has 7 nitrogen and oxygen atoms in total. The third kappa shape index (κ3) is 18.7. The Hall–Kier alpha value is -1.24. The second kappa shape index (κ2) is 19.9. The molecule has 2 atom stereocenters. The van der Waals surface area contributed by atoms with Crippen molar-refractivity contribution >= 4 is 13.5 Å². The number of amides is 1. The highest BCUT2D eigenvalue weighted by molar-refractivity contribution is 7.51. The Bertz CT molecular complexity index is 696. The van der Waals surface area contributed by atoms with E-state index in [1.807, 2.05) is 30.3 Å². The van der Waals surface area contributed by atoms with Crippen molar-refractivity contribution < 1.29 is 29.0 Å². The lowest BCUT2D eigenvalue weighted by molar-refractivity contribution is -0.123. The molecule has 0 spiro atoms. The molecule has 1 rings (SSSR count). The Morgan fingerprint density at radius 2 is 1.40 bits per heavy atom. The lowest BCUT2D eigenvalue weighted by Gasteiger charge is -2.24.